The Morgan fingerprint density at radius 2 is 2.00 bits per heavy atom. The fourth-order valence-corrected chi connectivity index (χ4v) is 4.12. The number of rotatable bonds is 5. The monoisotopic (exact) mass is 345 g/mol. The third-order valence-corrected chi connectivity index (χ3v) is 5.61. The molecular formula is C12H15Br2Si. The van der Waals surface area contributed by atoms with E-state index in [4.69, 9.17) is 0 Å². The van der Waals surface area contributed by atoms with Crippen LogP contribution in [0.4, 0.5) is 0 Å². The standard InChI is InChI=1S/C12H15Br2Si/c1-2-3-4-5-8-11-9-6-7-10-12(11)15(13)14/h5-10H,2-4H2,1H3. The molecule has 0 nitrogen and oxygen atoms in total. The summed E-state index contributed by atoms with van der Waals surface area (Å²) in [7, 11) is 0. The van der Waals surface area contributed by atoms with Gasteiger partial charge in [0, 0.05) is 0 Å². The zero-order valence-corrected chi connectivity index (χ0v) is 13.0. The Morgan fingerprint density at radius 1 is 1.27 bits per heavy atom. The van der Waals surface area contributed by atoms with Crippen LogP contribution in [0.15, 0.2) is 30.3 Å². The Labute approximate surface area is 110 Å². The molecule has 0 bridgehead atoms. The van der Waals surface area contributed by atoms with Crippen molar-refractivity contribution in [2.45, 2.75) is 26.2 Å². The fraction of sp³-hybridized carbons (Fsp3) is 0.333. The van der Waals surface area contributed by atoms with Crippen LogP contribution in [-0.2, 0) is 0 Å². The van der Waals surface area contributed by atoms with Gasteiger partial charge in [0.25, 0.3) is 0 Å². The van der Waals surface area contributed by atoms with Crippen LogP contribution in [0.5, 0.6) is 0 Å². The van der Waals surface area contributed by atoms with Gasteiger partial charge in [-0.2, -0.15) is 0 Å². The quantitative estimate of drug-likeness (QED) is 0.421. The highest BCUT2D eigenvalue weighted by Crippen LogP contribution is 2.09. The number of benzene rings is 1. The molecule has 3 heteroatoms. The smallest absolute Gasteiger partial charge is 0.106 e. The van der Waals surface area contributed by atoms with Gasteiger partial charge < -0.3 is 0 Å². The van der Waals surface area contributed by atoms with E-state index in [1.807, 2.05) is 0 Å². The third-order valence-electron chi connectivity index (χ3n) is 2.19. The highest BCUT2D eigenvalue weighted by atomic mass is 79.9. The maximum absolute atomic E-state index is 3.64. The summed E-state index contributed by atoms with van der Waals surface area (Å²) in [5.41, 5.74) is 1.33. The van der Waals surface area contributed by atoms with Gasteiger partial charge in [-0.1, -0.05) is 56.2 Å². The van der Waals surface area contributed by atoms with Gasteiger partial charge in [-0.15, -0.1) is 30.6 Å². The summed E-state index contributed by atoms with van der Waals surface area (Å²) in [6.45, 7) is 2.22. The Morgan fingerprint density at radius 3 is 2.67 bits per heavy atom. The third kappa shape index (κ3) is 4.66. The summed E-state index contributed by atoms with van der Waals surface area (Å²) in [4.78, 5) is 0. The molecule has 1 radical (unpaired) electrons. The number of hydrogen-bond donors (Lipinski definition) is 0. The minimum Gasteiger partial charge on any atom is -0.106 e. The second-order valence-electron chi connectivity index (χ2n) is 3.39. The molecule has 81 valence electrons. The second kappa shape index (κ2) is 7.42. The van der Waals surface area contributed by atoms with Gasteiger partial charge in [0.1, 0.15) is 0 Å². The Bertz CT molecular complexity index is 321. The van der Waals surface area contributed by atoms with Gasteiger partial charge >= 0.3 is 0 Å². The first kappa shape index (κ1) is 13.2. The van der Waals surface area contributed by atoms with Gasteiger partial charge in [0.15, 0.2) is 0 Å². The van der Waals surface area contributed by atoms with Crippen molar-refractivity contribution >= 4 is 47.9 Å². The summed E-state index contributed by atoms with van der Waals surface area (Å²) in [6, 6.07) is 7.82. The van der Waals surface area contributed by atoms with E-state index in [0.717, 1.165) is 0 Å². The van der Waals surface area contributed by atoms with E-state index in [9.17, 15) is 0 Å². The lowest BCUT2D eigenvalue weighted by Crippen LogP contribution is -2.19. The van der Waals surface area contributed by atoms with Crippen molar-refractivity contribution in [2.24, 2.45) is 0 Å². The van der Waals surface area contributed by atoms with Crippen LogP contribution in [0.3, 0.4) is 0 Å². The summed E-state index contributed by atoms with van der Waals surface area (Å²) in [5.74, 6) is 0. The minimum absolute atomic E-state index is 0.710. The summed E-state index contributed by atoms with van der Waals surface area (Å²) < 4.78 is 0. The lowest BCUT2D eigenvalue weighted by atomic mass is 10.1. The van der Waals surface area contributed by atoms with E-state index >= 15 is 0 Å². The molecule has 0 heterocycles. The van der Waals surface area contributed by atoms with E-state index in [0.29, 0.717) is 0 Å². The van der Waals surface area contributed by atoms with E-state index in [1.165, 1.54) is 30.0 Å². The predicted molar refractivity (Wildman–Crippen MR) is 78.2 cm³/mol. The first-order chi connectivity index (χ1) is 7.25. The second-order valence-corrected chi connectivity index (χ2v) is 12.4. The molecule has 0 saturated heterocycles. The fourth-order valence-electron chi connectivity index (χ4n) is 1.35. The van der Waals surface area contributed by atoms with Crippen molar-refractivity contribution in [3.63, 3.8) is 0 Å². The topological polar surface area (TPSA) is 0 Å². The zero-order valence-electron chi connectivity index (χ0n) is 8.84. The van der Waals surface area contributed by atoms with E-state index in [-0.39, 0.29) is 0 Å². The summed E-state index contributed by atoms with van der Waals surface area (Å²) in [5, 5.41) is 1.38. The minimum atomic E-state index is -0.710. The van der Waals surface area contributed by atoms with Gasteiger partial charge in [-0.25, -0.2) is 0 Å². The number of unbranched alkanes of at least 4 members (excludes halogenated alkanes) is 2. The van der Waals surface area contributed by atoms with Crippen molar-refractivity contribution in [3.05, 3.63) is 35.9 Å². The van der Waals surface area contributed by atoms with Crippen molar-refractivity contribution in [3.8, 4) is 0 Å². The van der Waals surface area contributed by atoms with E-state index in [2.05, 4.69) is 73.9 Å². The van der Waals surface area contributed by atoms with E-state index in [1.54, 1.807) is 0 Å². The average Bonchev–Trinajstić information content (AvgIpc) is 2.25. The first-order valence-corrected chi connectivity index (χ1v) is 11.2. The van der Waals surface area contributed by atoms with Crippen molar-refractivity contribution in [1.29, 1.82) is 0 Å². The molecule has 1 aromatic rings. The van der Waals surface area contributed by atoms with Crippen molar-refractivity contribution in [2.75, 3.05) is 0 Å². The zero-order chi connectivity index (χ0) is 11.1. The molecule has 0 aliphatic rings. The average molecular weight is 347 g/mol. The predicted octanol–water partition coefficient (Wildman–Crippen LogP) is 4.38. The summed E-state index contributed by atoms with van der Waals surface area (Å²) >= 11 is 7.28. The Hall–Kier alpha value is 0.137. The number of hydrogen-bond acceptors (Lipinski definition) is 0. The van der Waals surface area contributed by atoms with Gasteiger partial charge in [0.05, 0.1) is 0 Å². The maximum Gasteiger partial charge on any atom is 0.249 e. The molecule has 0 saturated carbocycles. The highest BCUT2D eigenvalue weighted by molar-refractivity contribution is 9.49. The summed E-state index contributed by atoms with van der Waals surface area (Å²) in [6.07, 6.45) is 8.22. The normalized spacial score (nSPS) is 11.5. The lowest BCUT2D eigenvalue weighted by Gasteiger charge is -2.04. The van der Waals surface area contributed by atoms with Gasteiger partial charge in [0.2, 0.25) is 6.04 Å². The van der Waals surface area contributed by atoms with Crippen LogP contribution in [0, 0.1) is 0 Å². The van der Waals surface area contributed by atoms with Crippen LogP contribution >= 0.6 is 30.6 Å². The molecule has 0 amide bonds. The first-order valence-electron chi connectivity index (χ1n) is 5.19. The molecule has 0 aliphatic carbocycles. The Balaban J connectivity index is 2.71. The largest absolute Gasteiger partial charge is 0.249 e. The van der Waals surface area contributed by atoms with Crippen LogP contribution in [0.2, 0.25) is 0 Å². The Kier molecular flexibility index (Phi) is 6.53. The van der Waals surface area contributed by atoms with Gasteiger partial charge in [-0.3, -0.25) is 0 Å². The molecule has 0 fully saturated rings. The van der Waals surface area contributed by atoms with Crippen molar-refractivity contribution in [1.82, 2.24) is 0 Å². The van der Waals surface area contributed by atoms with E-state index < -0.39 is 6.04 Å². The molecule has 1 rings (SSSR count). The molecule has 0 unspecified atom stereocenters. The SMILES string of the molecule is CCCCC=Cc1ccccc1[Si](Br)Br. The molecule has 0 N–H and O–H groups in total. The van der Waals surface area contributed by atoms with Crippen LogP contribution in [0.1, 0.15) is 31.7 Å². The number of halogens is 2. The molecule has 0 spiro atoms. The molecule has 0 atom stereocenters. The molecular weight excluding hydrogens is 332 g/mol. The van der Waals surface area contributed by atoms with Gasteiger partial charge in [-0.05, 0) is 17.2 Å². The van der Waals surface area contributed by atoms with Crippen LogP contribution < -0.4 is 5.19 Å². The van der Waals surface area contributed by atoms with Crippen molar-refractivity contribution < 1.29 is 0 Å². The highest BCUT2D eigenvalue weighted by Gasteiger charge is 2.08. The number of allylic oxidation sites excluding steroid dienone is 1. The maximum atomic E-state index is 3.64. The molecule has 0 aliphatic heterocycles. The molecule has 0 aromatic heterocycles. The van der Waals surface area contributed by atoms with Crippen LogP contribution in [0.25, 0.3) is 6.08 Å². The lowest BCUT2D eigenvalue weighted by molar-refractivity contribution is 0.816. The molecule has 1 aromatic carbocycles. The molecule has 15 heavy (non-hydrogen) atoms. The van der Waals surface area contributed by atoms with Crippen LogP contribution in [-0.4, -0.2) is 6.04 Å².